The van der Waals surface area contributed by atoms with Crippen LogP contribution in [0.4, 0.5) is 5.69 Å². The number of rotatable bonds is 5. The highest BCUT2D eigenvalue weighted by molar-refractivity contribution is 5.90. The van der Waals surface area contributed by atoms with Gasteiger partial charge in [-0.05, 0) is 55.2 Å². The first-order chi connectivity index (χ1) is 12.5. The third-order valence-corrected chi connectivity index (χ3v) is 5.83. The summed E-state index contributed by atoms with van der Waals surface area (Å²) in [6, 6.07) is 5.81. The van der Waals surface area contributed by atoms with Crippen LogP contribution in [0, 0.1) is 17.8 Å². The number of nitrogens with one attached hydrogen (secondary N) is 2. The molecule has 1 aromatic rings. The SMILES string of the molecule is COc1ccc(CNC(=O)C2CC3CCCC(C2)C3N)cc1NC(C)=O. The highest BCUT2D eigenvalue weighted by atomic mass is 16.5. The van der Waals surface area contributed by atoms with Crippen molar-refractivity contribution < 1.29 is 14.3 Å². The van der Waals surface area contributed by atoms with E-state index in [4.69, 9.17) is 10.5 Å². The van der Waals surface area contributed by atoms with Gasteiger partial charge in [0.05, 0.1) is 12.8 Å². The molecule has 2 unspecified atom stereocenters. The quantitative estimate of drug-likeness (QED) is 0.753. The second kappa shape index (κ2) is 8.08. The summed E-state index contributed by atoms with van der Waals surface area (Å²) >= 11 is 0. The number of methoxy groups -OCH3 is 1. The molecule has 2 aliphatic carbocycles. The Morgan fingerprint density at radius 2 is 1.92 bits per heavy atom. The van der Waals surface area contributed by atoms with E-state index in [1.807, 2.05) is 12.1 Å². The molecule has 2 fully saturated rings. The zero-order valence-corrected chi connectivity index (χ0v) is 15.6. The van der Waals surface area contributed by atoms with Crippen molar-refractivity contribution in [2.75, 3.05) is 12.4 Å². The van der Waals surface area contributed by atoms with E-state index in [2.05, 4.69) is 10.6 Å². The lowest BCUT2D eigenvalue weighted by Gasteiger charge is -2.43. The summed E-state index contributed by atoms with van der Waals surface area (Å²) < 4.78 is 5.26. The molecule has 6 heteroatoms. The third-order valence-electron chi connectivity index (χ3n) is 5.83. The van der Waals surface area contributed by atoms with Crippen LogP contribution in [0.25, 0.3) is 0 Å². The van der Waals surface area contributed by atoms with E-state index >= 15 is 0 Å². The second-order valence-corrected chi connectivity index (χ2v) is 7.63. The van der Waals surface area contributed by atoms with Gasteiger partial charge in [0.15, 0.2) is 0 Å². The molecule has 6 nitrogen and oxygen atoms in total. The average Bonchev–Trinajstić information content (AvgIpc) is 2.59. The van der Waals surface area contributed by atoms with Gasteiger partial charge in [0.25, 0.3) is 0 Å². The first kappa shape index (κ1) is 18.7. The van der Waals surface area contributed by atoms with Gasteiger partial charge in [-0.1, -0.05) is 12.5 Å². The Morgan fingerprint density at radius 1 is 1.23 bits per heavy atom. The van der Waals surface area contributed by atoms with Crippen LogP contribution in [0.15, 0.2) is 18.2 Å². The van der Waals surface area contributed by atoms with E-state index in [9.17, 15) is 9.59 Å². The molecule has 3 rings (SSSR count). The summed E-state index contributed by atoms with van der Waals surface area (Å²) in [5, 5.41) is 5.81. The van der Waals surface area contributed by atoms with Crippen molar-refractivity contribution >= 4 is 17.5 Å². The molecule has 4 N–H and O–H groups in total. The van der Waals surface area contributed by atoms with E-state index in [1.165, 1.54) is 13.3 Å². The lowest BCUT2D eigenvalue weighted by atomic mass is 9.65. The minimum Gasteiger partial charge on any atom is -0.495 e. The molecule has 0 saturated heterocycles. The van der Waals surface area contributed by atoms with Crippen LogP contribution in [0.2, 0.25) is 0 Å². The number of fused-ring (bicyclic) bond motifs is 2. The van der Waals surface area contributed by atoms with Crippen molar-refractivity contribution in [1.29, 1.82) is 0 Å². The number of anilines is 1. The van der Waals surface area contributed by atoms with Crippen LogP contribution in [-0.2, 0) is 16.1 Å². The van der Waals surface area contributed by atoms with Crippen LogP contribution in [0.3, 0.4) is 0 Å². The summed E-state index contributed by atoms with van der Waals surface area (Å²) in [5.41, 5.74) is 7.86. The Bertz CT molecular complexity index is 662. The minimum atomic E-state index is -0.158. The summed E-state index contributed by atoms with van der Waals surface area (Å²) in [6.07, 6.45) is 5.36. The van der Waals surface area contributed by atoms with Crippen LogP contribution in [0.5, 0.6) is 5.75 Å². The molecule has 0 radical (unpaired) electrons. The molecule has 142 valence electrons. The summed E-state index contributed by atoms with van der Waals surface area (Å²) in [6.45, 7) is 1.89. The fraction of sp³-hybridized carbons (Fsp3) is 0.600. The Balaban J connectivity index is 1.60. The smallest absolute Gasteiger partial charge is 0.223 e. The van der Waals surface area contributed by atoms with Gasteiger partial charge in [-0.25, -0.2) is 0 Å². The largest absolute Gasteiger partial charge is 0.495 e. The molecule has 1 aromatic carbocycles. The van der Waals surface area contributed by atoms with Crippen LogP contribution in [-0.4, -0.2) is 25.0 Å². The second-order valence-electron chi connectivity index (χ2n) is 7.63. The van der Waals surface area contributed by atoms with E-state index in [-0.39, 0.29) is 23.8 Å². The Hall–Kier alpha value is -2.08. The number of nitrogens with two attached hydrogens (primary N) is 1. The third kappa shape index (κ3) is 4.18. The van der Waals surface area contributed by atoms with Gasteiger partial charge in [0.1, 0.15) is 5.75 Å². The van der Waals surface area contributed by atoms with Crippen molar-refractivity contribution in [2.45, 2.75) is 51.6 Å². The molecule has 2 bridgehead atoms. The molecule has 0 aliphatic heterocycles. The van der Waals surface area contributed by atoms with Crippen LogP contribution < -0.4 is 21.1 Å². The van der Waals surface area contributed by atoms with Gasteiger partial charge < -0.3 is 21.1 Å². The number of amides is 2. The molecule has 2 amide bonds. The number of carbonyl (C=O) groups excluding carboxylic acids is 2. The monoisotopic (exact) mass is 359 g/mol. The van der Waals surface area contributed by atoms with E-state index < -0.39 is 0 Å². The maximum atomic E-state index is 12.6. The normalized spacial score (nSPS) is 27.5. The van der Waals surface area contributed by atoms with E-state index in [0.29, 0.717) is 29.8 Å². The van der Waals surface area contributed by atoms with E-state index in [0.717, 1.165) is 31.2 Å². The zero-order chi connectivity index (χ0) is 18.7. The molecule has 2 aliphatic rings. The highest BCUT2D eigenvalue weighted by Gasteiger charge is 2.40. The molecule has 2 atom stereocenters. The fourth-order valence-corrected chi connectivity index (χ4v) is 4.49. The summed E-state index contributed by atoms with van der Waals surface area (Å²) in [5.74, 6) is 1.61. The van der Waals surface area contributed by atoms with Gasteiger partial charge in [-0.3, -0.25) is 9.59 Å². The van der Waals surface area contributed by atoms with Crippen LogP contribution >= 0.6 is 0 Å². The van der Waals surface area contributed by atoms with Gasteiger partial charge in [-0.2, -0.15) is 0 Å². The van der Waals surface area contributed by atoms with Gasteiger partial charge in [-0.15, -0.1) is 0 Å². The van der Waals surface area contributed by atoms with Gasteiger partial charge >= 0.3 is 0 Å². The Morgan fingerprint density at radius 3 is 2.54 bits per heavy atom. The first-order valence-electron chi connectivity index (χ1n) is 9.45. The highest BCUT2D eigenvalue weighted by Crippen LogP contribution is 2.41. The van der Waals surface area contributed by atoms with Crippen molar-refractivity contribution in [3.05, 3.63) is 23.8 Å². The van der Waals surface area contributed by atoms with Crippen LogP contribution in [0.1, 0.15) is 44.6 Å². The maximum absolute atomic E-state index is 12.6. The van der Waals surface area contributed by atoms with Crippen molar-refractivity contribution in [3.63, 3.8) is 0 Å². The number of benzene rings is 1. The summed E-state index contributed by atoms with van der Waals surface area (Å²) in [4.78, 5) is 24.0. The van der Waals surface area contributed by atoms with Gasteiger partial charge in [0.2, 0.25) is 11.8 Å². The van der Waals surface area contributed by atoms with E-state index in [1.54, 1.807) is 13.2 Å². The predicted octanol–water partition coefficient (Wildman–Crippen LogP) is 2.42. The number of hydrogen-bond donors (Lipinski definition) is 3. The molecular formula is C20H29N3O3. The minimum absolute atomic E-state index is 0.0677. The molecule has 0 aromatic heterocycles. The van der Waals surface area contributed by atoms with Gasteiger partial charge in [0, 0.05) is 25.4 Å². The zero-order valence-electron chi connectivity index (χ0n) is 15.6. The average molecular weight is 359 g/mol. The summed E-state index contributed by atoms with van der Waals surface area (Å²) in [7, 11) is 1.56. The molecule has 26 heavy (non-hydrogen) atoms. The molecule has 2 saturated carbocycles. The molecular weight excluding hydrogens is 330 g/mol. The molecule has 0 spiro atoms. The topological polar surface area (TPSA) is 93.4 Å². The van der Waals surface area contributed by atoms with Crippen molar-refractivity contribution in [3.8, 4) is 5.75 Å². The number of hydrogen-bond acceptors (Lipinski definition) is 4. The molecule has 0 heterocycles. The Kier molecular flexibility index (Phi) is 5.81. The van der Waals surface area contributed by atoms with Crippen molar-refractivity contribution in [1.82, 2.24) is 5.32 Å². The standard InChI is InChI=1S/C20H29N3O3/c1-12(24)23-17-8-13(6-7-18(17)26-2)11-22-20(25)16-9-14-4-3-5-15(10-16)19(14)21/h6-8,14-16,19H,3-5,9-11,21H2,1-2H3,(H,22,25)(H,23,24). The Labute approximate surface area is 154 Å². The van der Waals surface area contributed by atoms with Crippen molar-refractivity contribution in [2.24, 2.45) is 23.5 Å². The number of ether oxygens (including phenoxy) is 1. The lowest BCUT2D eigenvalue weighted by Crippen LogP contribution is -2.49. The first-order valence-corrected chi connectivity index (χ1v) is 9.45. The fourth-order valence-electron chi connectivity index (χ4n) is 4.49. The maximum Gasteiger partial charge on any atom is 0.223 e. The number of carbonyl (C=O) groups is 2. The predicted molar refractivity (Wildman–Crippen MR) is 101 cm³/mol. The lowest BCUT2D eigenvalue weighted by molar-refractivity contribution is -0.128.